The Morgan fingerprint density at radius 2 is 1.81 bits per heavy atom. The average molecular weight is 364 g/mol. The maximum absolute atomic E-state index is 13.3. The molecule has 1 heterocycles. The second-order valence-electron chi connectivity index (χ2n) is 6.55. The van der Waals surface area contributed by atoms with E-state index in [0.717, 1.165) is 12.1 Å². The zero-order chi connectivity index (χ0) is 19.1. The quantitative estimate of drug-likeness (QED) is 0.613. The zero-order valence-electron chi connectivity index (χ0n) is 14.0. The van der Waals surface area contributed by atoms with Gasteiger partial charge in [0.05, 0.1) is 11.0 Å². The molecule has 136 valence electrons. The van der Waals surface area contributed by atoms with Crippen LogP contribution in [-0.4, -0.2) is 10.9 Å². The van der Waals surface area contributed by atoms with E-state index < -0.39 is 28.9 Å². The largest absolute Gasteiger partial charge is 0.416 e. The summed E-state index contributed by atoms with van der Waals surface area (Å²) in [5, 5.41) is 3.21. The Labute approximate surface area is 147 Å². The highest BCUT2D eigenvalue weighted by atomic mass is 19.4. The molecule has 0 atom stereocenters. The highest BCUT2D eigenvalue weighted by Crippen LogP contribution is 2.33. The average Bonchev–Trinajstić information content (AvgIpc) is 2.97. The van der Waals surface area contributed by atoms with Crippen LogP contribution in [0.15, 0.2) is 48.7 Å². The first kappa shape index (κ1) is 18.0. The number of fused-ring (bicyclic) bond motifs is 1. The first-order chi connectivity index (χ1) is 12.1. The molecule has 3 rings (SSSR count). The number of benzene rings is 2. The molecule has 0 fully saturated rings. The summed E-state index contributed by atoms with van der Waals surface area (Å²) in [5.74, 6) is -0.876. The monoisotopic (exact) mass is 364 g/mol. The van der Waals surface area contributed by atoms with Gasteiger partial charge in [0.25, 0.3) is 0 Å². The lowest BCUT2D eigenvalue weighted by molar-refractivity contribution is -0.137. The highest BCUT2D eigenvalue weighted by molar-refractivity contribution is 6.01. The molecule has 7 heteroatoms. The molecule has 0 aliphatic carbocycles. The van der Waals surface area contributed by atoms with Crippen molar-refractivity contribution in [2.75, 3.05) is 5.32 Å². The van der Waals surface area contributed by atoms with E-state index in [-0.39, 0.29) is 5.69 Å². The van der Waals surface area contributed by atoms with Crippen LogP contribution >= 0.6 is 0 Å². The van der Waals surface area contributed by atoms with Gasteiger partial charge < -0.3 is 10.3 Å². The van der Waals surface area contributed by atoms with Crippen LogP contribution in [0.5, 0.6) is 0 Å². The fourth-order valence-electron chi connectivity index (χ4n) is 2.80. The molecule has 0 aliphatic rings. The minimum Gasteiger partial charge on any atom is -0.361 e. The number of halogens is 4. The smallest absolute Gasteiger partial charge is 0.361 e. The van der Waals surface area contributed by atoms with E-state index in [1.807, 2.05) is 0 Å². The minimum atomic E-state index is -4.49. The van der Waals surface area contributed by atoms with Crippen LogP contribution in [0, 0.1) is 5.82 Å². The Bertz CT molecular complexity index is 973. The van der Waals surface area contributed by atoms with E-state index in [2.05, 4.69) is 10.3 Å². The number of aromatic amines is 1. The number of hydrogen-bond acceptors (Lipinski definition) is 1. The van der Waals surface area contributed by atoms with Crippen LogP contribution in [0.4, 0.5) is 23.2 Å². The third-order valence-corrected chi connectivity index (χ3v) is 4.33. The number of aromatic nitrogens is 1. The molecule has 0 saturated carbocycles. The standard InChI is InChI=1S/C19H16F4N2O/c1-18(2,15-10-24-16-9-12(20)6-7-14(15)16)17(26)25-13-5-3-4-11(8-13)19(21,22)23/h3-10,24H,1-2H3,(H,25,26). The van der Waals surface area contributed by atoms with E-state index >= 15 is 0 Å². The Morgan fingerprint density at radius 3 is 2.50 bits per heavy atom. The number of carbonyl (C=O) groups excluding carboxylic acids is 1. The van der Waals surface area contributed by atoms with Crippen molar-refractivity contribution in [3.05, 3.63) is 65.6 Å². The Hall–Kier alpha value is -2.83. The third kappa shape index (κ3) is 3.29. The van der Waals surface area contributed by atoms with Crippen molar-refractivity contribution in [3.63, 3.8) is 0 Å². The molecule has 3 aromatic rings. The number of carbonyl (C=O) groups is 1. The number of H-pyrrole nitrogens is 1. The second-order valence-corrected chi connectivity index (χ2v) is 6.55. The fourth-order valence-corrected chi connectivity index (χ4v) is 2.80. The van der Waals surface area contributed by atoms with Gasteiger partial charge in [0.1, 0.15) is 5.82 Å². The number of nitrogens with one attached hydrogen (secondary N) is 2. The van der Waals surface area contributed by atoms with Crippen molar-refractivity contribution in [1.29, 1.82) is 0 Å². The van der Waals surface area contributed by atoms with Gasteiger partial charge in [0.2, 0.25) is 5.91 Å². The molecule has 0 spiro atoms. The highest BCUT2D eigenvalue weighted by Gasteiger charge is 2.34. The van der Waals surface area contributed by atoms with Crippen molar-refractivity contribution >= 4 is 22.5 Å². The van der Waals surface area contributed by atoms with Gasteiger partial charge in [-0.3, -0.25) is 4.79 Å². The molecule has 0 bridgehead atoms. The number of anilines is 1. The van der Waals surface area contributed by atoms with Gasteiger partial charge in [0, 0.05) is 22.8 Å². The molecular formula is C19H16F4N2O. The third-order valence-electron chi connectivity index (χ3n) is 4.33. The topological polar surface area (TPSA) is 44.9 Å². The second kappa shape index (κ2) is 6.16. The normalized spacial score (nSPS) is 12.4. The molecule has 3 nitrogen and oxygen atoms in total. The number of alkyl halides is 3. The lowest BCUT2D eigenvalue weighted by atomic mass is 9.83. The predicted octanol–water partition coefficient (Wildman–Crippen LogP) is 5.24. The molecular weight excluding hydrogens is 348 g/mol. The maximum Gasteiger partial charge on any atom is 0.416 e. The molecule has 1 aromatic heterocycles. The number of rotatable bonds is 3. The molecule has 2 aromatic carbocycles. The van der Waals surface area contributed by atoms with Crippen molar-refractivity contribution in [3.8, 4) is 0 Å². The van der Waals surface area contributed by atoms with E-state index in [0.29, 0.717) is 16.5 Å². The summed E-state index contributed by atoms with van der Waals surface area (Å²) in [5.41, 5.74) is -0.666. The summed E-state index contributed by atoms with van der Waals surface area (Å²) in [7, 11) is 0. The maximum atomic E-state index is 13.3. The van der Waals surface area contributed by atoms with Crippen LogP contribution in [0.1, 0.15) is 25.0 Å². The number of hydrogen-bond donors (Lipinski definition) is 2. The Morgan fingerprint density at radius 1 is 1.08 bits per heavy atom. The van der Waals surface area contributed by atoms with Gasteiger partial charge >= 0.3 is 6.18 Å². The van der Waals surface area contributed by atoms with Gasteiger partial charge in [-0.15, -0.1) is 0 Å². The van der Waals surface area contributed by atoms with E-state index in [9.17, 15) is 22.4 Å². The summed E-state index contributed by atoms with van der Waals surface area (Å²) in [6.07, 6.45) is -2.88. The van der Waals surface area contributed by atoms with Crippen LogP contribution in [0.3, 0.4) is 0 Å². The van der Waals surface area contributed by atoms with Gasteiger partial charge in [-0.25, -0.2) is 4.39 Å². The lowest BCUT2D eigenvalue weighted by Crippen LogP contribution is -2.34. The first-order valence-corrected chi connectivity index (χ1v) is 7.85. The lowest BCUT2D eigenvalue weighted by Gasteiger charge is -2.23. The predicted molar refractivity (Wildman–Crippen MR) is 91.4 cm³/mol. The molecule has 0 radical (unpaired) electrons. The van der Waals surface area contributed by atoms with Gasteiger partial charge in [-0.2, -0.15) is 13.2 Å². The van der Waals surface area contributed by atoms with Crippen LogP contribution in [0.25, 0.3) is 10.9 Å². The zero-order valence-corrected chi connectivity index (χ0v) is 14.0. The first-order valence-electron chi connectivity index (χ1n) is 7.85. The van der Waals surface area contributed by atoms with Crippen molar-refractivity contribution < 1.29 is 22.4 Å². The summed E-state index contributed by atoms with van der Waals surface area (Å²) < 4.78 is 51.8. The number of amides is 1. The van der Waals surface area contributed by atoms with Crippen molar-refractivity contribution in [1.82, 2.24) is 4.98 Å². The molecule has 0 unspecified atom stereocenters. The van der Waals surface area contributed by atoms with Crippen LogP contribution in [0.2, 0.25) is 0 Å². The van der Waals surface area contributed by atoms with Crippen molar-refractivity contribution in [2.45, 2.75) is 25.4 Å². The van der Waals surface area contributed by atoms with Gasteiger partial charge in [-0.1, -0.05) is 6.07 Å². The van der Waals surface area contributed by atoms with E-state index in [1.165, 1.54) is 24.3 Å². The van der Waals surface area contributed by atoms with Crippen molar-refractivity contribution in [2.24, 2.45) is 0 Å². The summed E-state index contributed by atoms with van der Waals surface area (Å²) >= 11 is 0. The SMILES string of the molecule is CC(C)(C(=O)Nc1cccc(C(F)(F)F)c1)c1c[nH]c2cc(F)ccc12. The Kier molecular flexibility index (Phi) is 4.26. The molecule has 0 saturated heterocycles. The molecule has 1 amide bonds. The van der Waals surface area contributed by atoms with E-state index in [4.69, 9.17) is 0 Å². The molecule has 26 heavy (non-hydrogen) atoms. The van der Waals surface area contributed by atoms with Crippen LogP contribution < -0.4 is 5.32 Å². The van der Waals surface area contributed by atoms with Gasteiger partial charge in [-0.05, 0) is 55.8 Å². The molecule has 0 aliphatic heterocycles. The van der Waals surface area contributed by atoms with Gasteiger partial charge in [0.15, 0.2) is 0 Å². The molecule has 2 N–H and O–H groups in total. The minimum absolute atomic E-state index is 0.0591. The van der Waals surface area contributed by atoms with E-state index in [1.54, 1.807) is 26.1 Å². The van der Waals surface area contributed by atoms with Crippen LogP contribution in [-0.2, 0) is 16.4 Å². The Balaban J connectivity index is 1.91. The fraction of sp³-hybridized carbons (Fsp3) is 0.211. The summed E-state index contributed by atoms with van der Waals surface area (Å²) in [6, 6.07) is 8.64. The summed E-state index contributed by atoms with van der Waals surface area (Å²) in [6.45, 7) is 3.31. The summed E-state index contributed by atoms with van der Waals surface area (Å²) in [4.78, 5) is 15.6.